The number of ketones is 2. The van der Waals surface area contributed by atoms with Gasteiger partial charge in [0.15, 0.2) is 0 Å². The summed E-state index contributed by atoms with van der Waals surface area (Å²) in [4.78, 5) is 48.5. The van der Waals surface area contributed by atoms with Gasteiger partial charge in [-0.25, -0.2) is 9.59 Å². The largest absolute Gasteiger partial charge is 0.479 e. The molecule has 2 aromatic rings. The lowest BCUT2D eigenvalue weighted by Gasteiger charge is -2.34. The zero-order valence-corrected chi connectivity index (χ0v) is 17.7. The Morgan fingerprint density at radius 2 is 1.18 bits per heavy atom. The predicted molar refractivity (Wildman–Crippen MR) is 117 cm³/mol. The predicted octanol–water partition coefficient (Wildman–Crippen LogP) is 0.0807. The van der Waals surface area contributed by atoms with Crippen molar-refractivity contribution in [3.63, 3.8) is 0 Å². The van der Waals surface area contributed by atoms with Crippen LogP contribution in [0.15, 0.2) is 60.7 Å². The molecule has 2 aromatic carbocycles. The molecule has 1 aliphatic heterocycles. The lowest BCUT2D eigenvalue weighted by atomic mass is 9.73. The number of piperidine rings is 1. The fourth-order valence-corrected chi connectivity index (χ4v) is 3.31. The van der Waals surface area contributed by atoms with Gasteiger partial charge in [-0.05, 0) is 19.4 Å². The summed E-state index contributed by atoms with van der Waals surface area (Å²) in [6, 6.07) is 13.2. The summed E-state index contributed by atoms with van der Waals surface area (Å²) in [5, 5.41) is 43.1. The minimum atomic E-state index is -3.95. The van der Waals surface area contributed by atoms with Gasteiger partial charge in [-0.2, -0.15) is 0 Å². The van der Waals surface area contributed by atoms with Crippen LogP contribution in [0, 0.1) is 0 Å². The summed E-state index contributed by atoms with van der Waals surface area (Å²) in [5.41, 5.74) is -3.11. The fraction of sp³-hybridized carbons (Fsp3) is 0.304. The van der Waals surface area contributed by atoms with Crippen LogP contribution in [-0.2, 0) is 9.59 Å². The van der Waals surface area contributed by atoms with Crippen molar-refractivity contribution in [1.29, 1.82) is 0 Å². The second kappa shape index (κ2) is 10.9. The van der Waals surface area contributed by atoms with Gasteiger partial charge in [-0.3, -0.25) is 9.59 Å². The smallest absolute Gasteiger partial charge is 0.348 e. The van der Waals surface area contributed by atoms with Gasteiger partial charge < -0.3 is 31.5 Å². The molecule has 176 valence electrons. The number of carboxylic acids is 2. The molecule has 0 aromatic heterocycles. The van der Waals surface area contributed by atoms with Crippen LogP contribution in [0.1, 0.15) is 33.6 Å². The van der Waals surface area contributed by atoms with E-state index in [1.807, 2.05) is 0 Å². The van der Waals surface area contributed by atoms with Crippen molar-refractivity contribution >= 4 is 23.5 Å². The monoisotopic (exact) mass is 458 g/mol. The minimum absolute atomic E-state index is 0.391. The molecule has 1 heterocycles. The van der Waals surface area contributed by atoms with Crippen LogP contribution in [0.4, 0.5) is 0 Å². The van der Waals surface area contributed by atoms with E-state index in [4.69, 9.17) is 5.73 Å². The van der Waals surface area contributed by atoms with Crippen molar-refractivity contribution in [2.45, 2.75) is 30.1 Å². The molecular weight excluding hydrogens is 432 g/mol. The maximum Gasteiger partial charge on any atom is 0.348 e. The first-order valence-electron chi connectivity index (χ1n) is 10.1. The number of nitrogens with one attached hydrogen (secondary N) is 1. The van der Waals surface area contributed by atoms with Crippen molar-refractivity contribution in [1.82, 2.24) is 5.32 Å². The SMILES string of the molecule is NC1CCCNC1.O=C(O)C(O)(C(=O)c1ccccc1)C(O)(C(=O)O)C(=O)c1ccccc1. The van der Waals surface area contributed by atoms with Crippen molar-refractivity contribution in [3.8, 4) is 0 Å². The van der Waals surface area contributed by atoms with Gasteiger partial charge in [-0.1, -0.05) is 60.7 Å². The highest BCUT2D eigenvalue weighted by molar-refractivity contribution is 6.28. The molecule has 10 nitrogen and oxygen atoms in total. The lowest BCUT2D eigenvalue weighted by molar-refractivity contribution is -0.187. The summed E-state index contributed by atoms with van der Waals surface area (Å²) in [6.07, 6.45) is 2.45. The van der Waals surface area contributed by atoms with Gasteiger partial charge in [0.2, 0.25) is 11.6 Å². The highest BCUT2D eigenvalue weighted by Crippen LogP contribution is 2.31. The number of hydrogen-bond acceptors (Lipinski definition) is 8. The van der Waals surface area contributed by atoms with Gasteiger partial charge in [0.05, 0.1) is 0 Å². The van der Waals surface area contributed by atoms with Crippen LogP contribution < -0.4 is 11.1 Å². The van der Waals surface area contributed by atoms with Crippen LogP contribution in [-0.4, -0.2) is 74.3 Å². The summed E-state index contributed by atoms with van der Waals surface area (Å²) >= 11 is 0. The number of nitrogens with two attached hydrogens (primary N) is 1. The van der Waals surface area contributed by atoms with E-state index in [9.17, 15) is 39.6 Å². The van der Waals surface area contributed by atoms with Crippen LogP contribution in [0.5, 0.6) is 0 Å². The third kappa shape index (κ3) is 5.32. The van der Waals surface area contributed by atoms with E-state index in [0.717, 1.165) is 37.4 Å². The third-order valence-corrected chi connectivity index (χ3v) is 5.21. The zero-order chi connectivity index (χ0) is 24.6. The third-order valence-electron chi connectivity index (χ3n) is 5.21. The molecule has 1 saturated heterocycles. The summed E-state index contributed by atoms with van der Waals surface area (Å²) in [7, 11) is 0. The second-order valence-corrected chi connectivity index (χ2v) is 7.53. The quantitative estimate of drug-likeness (QED) is 0.245. The first kappa shape index (κ1) is 25.8. The number of carbonyl (C=O) groups excluding carboxylic acids is 2. The van der Waals surface area contributed by atoms with Crippen molar-refractivity contribution < 1.29 is 39.6 Å². The number of carboxylic acid groups (broad SMARTS) is 2. The van der Waals surface area contributed by atoms with Crippen LogP contribution in [0.3, 0.4) is 0 Å². The van der Waals surface area contributed by atoms with Gasteiger partial charge in [0.25, 0.3) is 11.2 Å². The summed E-state index contributed by atoms with van der Waals surface area (Å²) in [6.45, 7) is 2.17. The molecule has 3 rings (SSSR count). The molecule has 1 fully saturated rings. The van der Waals surface area contributed by atoms with Crippen molar-refractivity contribution in [3.05, 3.63) is 71.8 Å². The average Bonchev–Trinajstić information content (AvgIpc) is 2.83. The minimum Gasteiger partial charge on any atom is -0.479 e. The number of aliphatic hydroxyl groups is 2. The lowest BCUT2D eigenvalue weighted by Crippen LogP contribution is -2.71. The Labute approximate surface area is 189 Å². The second-order valence-electron chi connectivity index (χ2n) is 7.53. The first-order valence-corrected chi connectivity index (χ1v) is 10.1. The van der Waals surface area contributed by atoms with Crippen molar-refractivity contribution in [2.75, 3.05) is 13.1 Å². The summed E-state index contributed by atoms with van der Waals surface area (Å²) < 4.78 is 0. The topological polar surface area (TPSA) is 187 Å². The first-order chi connectivity index (χ1) is 15.6. The molecule has 0 radical (unpaired) electrons. The fourth-order valence-electron chi connectivity index (χ4n) is 3.31. The molecule has 0 aliphatic carbocycles. The molecule has 7 N–H and O–H groups in total. The van der Waals surface area contributed by atoms with Gasteiger partial charge in [0, 0.05) is 23.7 Å². The number of carbonyl (C=O) groups is 4. The maximum atomic E-state index is 12.6. The maximum absolute atomic E-state index is 12.6. The Morgan fingerprint density at radius 3 is 1.42 bits per heavy atom. The molecule has 1 aliphatic rings. The highest BCUT2D eigenvalue weighted by atomic mass is 16.5. The Morgan fingerprint density at radius 1 is 0.788 bits per heavy atom. The molecular formula is C23H26N2O8. The Balaban J connectivity index is 0.000000468. The number of aliphatic carboxylic acids is 2. The van der Waals surface area contributed by atoms with E-state index in [1.165, 1.54) is 49.2 Å². The Bertz CT molecular complexity index is 919. The molecule has 3 unspecified atom stereocenters. The number of rotatable bonds is 7. The average molecular weight is 458 g/mol. The summed E-state index contributed by atoms with van der Waals surface area (Å²) in [5.74, 6) is -8.03. The molecule has 0 bridgehead atoms. The Hall–Kier alpha value is -3.44. The van der Waals surface area contributed by atoms with Gasteiger partial charge in [0.1, 0.15) is 0 Å². The number of Topliss-reactive ketones (excluding diaryl/α,β-unsaturated/α-hetero) is 2. The molecule has 0 spiro atoms. The van der Waals surface area contributed by atoms with E-state index in [1.54, 1.807) is 0 Å². The molecule has 3 atom stereocenters. The highest BCUT2D eigenvalue weighted by Gasteiger charge is 2.69. The van der Waals surface area contributed by atoms with Gasteiger partial charge >= 0.3 is 11.9 Å². The molecule has 10 heteroatoms. The van der Waals surface area contributed by atoms with E-state index in [2.05, 4.69) is 5.32 Å². The number of hydrogen-bond donors (Lipinski definition) is 6. The zero-order valence-electron chi connectivity index (χ0n) is 17.7. The van der Waals surface area contributed by atoms with E-state index in [0.29, 0.717) is 6.04 Å². The molecule has 0 amide bonds. The number of benzene rings is 2. The normalized spacial score (nSPS) is 19.1. The van der Waals surface area contributed by atoms with Crippen LogP contribution in [0.2, 0.25) is 0 Å². The molecule has 33 heavy (non-hydrogen) atoms. The van der Waals surface area contributed by atoms with E-state index in [-0.39, 0.29) is 0 Å². The van der Waals surface area contributed by atoms with Gasteiger partial charge in [-0.15, -0.1) is 0 Å². The van der Waals surface area contributed by atoms with Crippen LogP contribution in [0.25, 0.3) is 0 Å². The Kier molecular flexibility index (Phi) is 8.55. The van der Waals surface area contributed by atoms with Crippen LogP contribution >= 0.6 is 0 Å². The van der Waals surface area contributed by atoms with E-state index < -0.39 is 45.8 Å². The van der Waals surface area contributed by atoms with Crippen molar-refractivity contribution in [2.24, 2.45) is 5.73 Å². The standard InChI is InChI=1S/C18H14O8.C5H12N2/c19-13(11-7-3-1-4-8-11)17(25,15(21)22)18(26,16(23)24)14(20)12-9-5-2-6-10-12;6-5-2-1-3-7-4-5/h1-10,25-26H,(H,21,22)(H,23,24);5,7H,1-4,6H2. The van der Waals surface area contributed by atoms with E-state index >= 15 is 0 Å². The molecule has 0 saturated carbocycles.